The summed E-state index contributed by atoms with van der Waals surface area (Å²) in [4.78, 5) is 10.7. The third-order valence-electron chi connectivity index (χ3n) is 2.75. The molecule has 1 unspecified atom stereocenters. The van der Waals surface area contributed by atoms with Crippen molar-refractivity contribution in [2.75, 3.05) is 13.2 Å². The van der Waals surface area contributed by atoms with Crippen molar-refractivity contribution >= 4 is 5.97 Å². The summed E-state index contributed by atoms with van der Waals surface area (Å²) in [5.74, 6) is -0.308. The Morgan fingerprint density at radius 2 is 2.00 bits per heavy atom. The minimum Gasteiger partial charge on any atom is -0.494 e. The maximum atomic E-state index is 10.7. The molecule has 1 aromatic carbocycles. The number of hydrogen-bond donors (Lipinski definition) is 2. The maximum absolute atomic E-state index is 10.7. The first-order valence-electron chi connectivity index (χ1n) is 6.28. The molecule has 0 radical (unpaired) electrons. The molecule has 0 saturated carbocycles. The lowest BCUT2D eigenvalue weighted by Crippen LogP contribution is -2.12. The van der Waals surface area contributed by atoms with Crippen molar-refractivity contribution < 1.29 is 14.6 Å². The number of hydrogen-bond acceptors (Lipinski definition) is 3. The molecule has 0 aliphatic carbocycles. The van der Waals surface area contributed by atoms with Gasteiger partial charge in [0.1, 0.15) is 5.75 Å². The van der Waals surface area contributed by atoms with Gasteiger partial charge in [0.25, 0.3) is 0 Å². The number of carboxylic acid groups (broad SMARTS) is 1. The summed E-state index contributed by atoms with van der Waals surface area (Å²) in [6.07, 6.45) is 2.46. The van der Waals surface area contributed by atoms with Crippen LogP contribution in [0.3, 0.4) is 0 Å². The molecule has 0 spiro atoms. The number of ether oxygens (including phenoxy) is 1. The van der Waals surface area contributed by atoms with E-state index < -0.39 is 5.97 Å². The van der Waals surface area contributed by atoms with Gasteiger partial charge >= 0.3 is 5.97 Å². The van der Waals surface area contributed by atoms with Gasteiger partial charge in [0.2, 0.25) is 0 Å². The van der Waals surface area contributed by atoms with Gasteiger partial charge in [-0.05, 0) is 43.5 Å². The summed E-state index contributed by atoms with van der Waals surface area (Å²) in [6, 6.07) is 7.59. The fourth-order valence-electron chi connectivity index (χ4n) is 1.60. The van der Waals surface area contributed by atoms with E-state index in [9.17, 15) is 4.79 Å². The molecule has 0 saturated heterocycles. The molecule has 4 nitrogen and oxygen atoms in total. The Balaban J connectivity index is 2.40. The minimum atomic E-state index is -0.767. The van der Waals surface area contributed by atoms with Crippen molar-refractivity contribution in [3.63, 3.8) is 0 Å². The highest BCUT2D eigenvalue weighted by atomic mass is 16.5. The van der Waals surface area contributed by atoms with Crippen molar-refractivity contribution in [2.45, 2.75) is 26.2 Å². The van der Waals surface area contributed by atoms with Crippen molar-refractivity contribution in [3.8, 4) is 5.75 Å². The monoisotopic (exact) mass is 251 g/mol. The third-order valence-corrected chi connectivity index (χ3v) is 2.75. The standard InChI is InChI=1S/C14H21NO3/c1-11(14(16)17)10-12-4-6-13(7-5-12)18-9-3-2-8-15/h4-7,11H,2-3,8-10,15H2,1H3,(H,16,17). The van der Waals surface area contributed by atoms with Crippen LogP contribution < -0.4 is 10.5 Å². The fourth-order valence-corrected chi connectivity index (χ4v) is 1.60. The van der Waals surface area contributed by atoms with E-state index in [1.807, 2.05) is 24.3 Å². The molecule has 1 atom stereocenters. The van der Waals surface area contributed by atoms with Gasteiger partial charge in [-0.15, -0.1) is 0 Å². The van der Waals surface area contributed by atoms with Gasteiger partial charge in [0, 0.05) is 0 Å². The van der Waals surface area contributed by atoms with Crippen LogP contribution in [0.15, 0.2) is 24.3 Å². The highest BCUT2D eigenvalue weighted by molar-refractivity contribution is 5.69. The van der Waals surface area contributed by atoms with Crippen LogP contribution >= 0.6 is 0 Å². The largest absolute Gasteiger partial charge is 0.494 e. The second kappa shape index (κ2) is 7.71. The number of aliphatic carboxylic acids is 1. The predicted molar refractivity (Wildman–Crippen MR) is 70.7 cm³/mol. The summed E-state index contributed by atoms with van der Waals surface area (Å²) < 4.78 is 5.54. The Bertz CT molecular complexity index is 362. The highest BCUT2D eigenvalue weighted by Crippen LogP contribution is 2.15. The summed E-state index contributed by atoms with van der Waals surface area (Å²) >= 11 is 0. The molecule has 4 heteroatoms. The normalized spacial score (nSPS) is 12.1. The van der Waals surface area contributed by atoms with Crippen LogP contribution in [0, 0.1) is 5.92 Å². The van der Waals surface area contributed by atoms with E-state index in [0.29, 0.717) is 19.6 Å². The van der Waals surface area contributed by atoms with Crippen LogP contribution in [0.25, 0.3) is 0 Å². The van der Waals surface area contributed by atoms with Gasteiger partial charge in [-0.25, -0.2) is 0 Å². The Morgan fingerprint density at radius 3 is 2.56 bits per heavy atom. The third kappa shape index (κ3) is 5.19. The fraction of sp³-hybridized carbons (Fsp3) is 0.500. The zero-order valence-electron chi connectivity index (χ0n) is 10.8. The van der Waals surface area contributed by atoms with Crippen molar-refractivity contribution in [3.05, 3.63) is 29.8 Å². The Kier molecular flexibility index (Phi) is 6.22. The second-order valence-corrected chi connectivity index (χ2v) is 4.43. The molecule has 0 aliphatic rings. The number of nitrogens with two attached hydrogens (primary N) is 1. The smallest absolute Gasteiger partial charge is 0.306 e. The Hall–Kier alpha value is -1.55. The zero-order valence-corrected chi connectivity index (χ0v) is 10.8. The molecule has 18 heavy (non-hydrogen) atoms. The first-order chi connectivity index (χ1) is 8.63. The molecule has 1 rings (SSSR count). The number of unbranched alkanes of at least 4 members (excludes halogenated alkanes) is 1. The average molecular weight is 251 g/mol. The molecule has 100 valence electrons. The summed E-state index contributed by atoms with van der Waals surface area (Å²) in [5.41, 5.74) is 6.41. The number of carboxylic acids is 1. The molecular formula is C14H21NO3. The van der Waals surface area contributed by atoms with Gasteiger partial charge < -0.3 is 15.6 Å². The van der Waals surface area contributed by atoms with E-state index in [4.69, 9.17) is 15.6 Å². The summed E-state index contributed by atoms with van der Waals surface area (Å²) in [7, 11) is 0. The van der Waals surface area contributed by atoms with Crippen molar-refractivity contribution in [1.29, 1.82) is 0 Å². The highest BCUT2D eigenvalue weighted by Gasteiger charge is 2.11. The molecule has 0 aromatic heterocycles. The maximum Gasteiger partial charge on any atom is 0.306 e. The number of benzene rings is 1. The van der Waals surface area contributed by atoms with Crippen molar-refractivity contribution in [2.24, 2.45) is 11.7 Å². The van der Waals surface area contributed by atoms with E-state index in [1.54, 1.807) is 6.92 Å². The molecule has 0 bridgehead atoms. The van der Waals surface area contributed by atoms with E-state index in [0.717, 1.165) is 24.2 Å². The first-order valence-corrected chi connectivity index (χ1v) is 6.28. The minimum absolute atomic E-state index is 0.360. The molecule has 1 aromatic rings. The van der Waals surface area contributed by atoms with E-state index in [1.165, 1.54) is 0 Å². The Labute approximate surface area is 108 Å². The average Bonchev–Trinajstić information content (AvgIpc) is 2.36. The SMILES string of the molecule is CC(Cc1ccc(OCCCCN)cc1)C(=O)O. The van der Waals surface area contributed by atoms with Gasteiger partial charge in [-0.3, -0.25) is 4.79 Å². The number of rotatable bonds is 8. The van der Waals surface area contributed by atoms with Gasteiger partial charge in [-0.1, -0.05) is 19.1 Å². The van der Waals surface area contributed by atoms with Crippen LogP contribution in [-0.2, 0) is 11.2 Å². The van der Waals surface area contributed by atoms with Gasteiger partial charge in [0.05, 0.1) is 12.5 Å². The van der Waals surface area contributed by atoms with Crippen LogP contribution in [0.4, 0.5) is 0 Å². The lowest BCUT2D eigenvalue weighted by atomic mass is 10.0. The second-order valence-electron chi connectivity index (χ2n) is 4.43. The summed E-state index contributed by atoms with van der Waals surface area (Å²) in [5, 5.41) is 8.83. The number of carbonyl (C=O) groups is 1. The topological polar surface area (TPSA) is 72.5 Å². The predicted octanol–water partition coefficient (Wildman–Crippen LogP) is 2.07. The van der Waals surface area contributed by atoms with Crippen LogP contribution in [-0.4, -0.2) is 24.2 Å². The van der Waals surface area contributed by atoms with Gasteiger partial charge in [-0.2, -0.15) is 0 Å². The lowest BCUT2D eigenvalue weighted by molar-refractivity contribution is -0.141. The quantitative estimate of drug-likeness (QED) is 0.694. The van der Waals surface area contributed by atoms with E-state index in [2.05, 4.69) is 0 Å². The van der Waals surface area contributed by atoms with Crippen LogP contribution in [0.2, 0.25) is 0 Å². The van der Waals surface area contributed by atoms with E-state index in [-0.39, 0.29) is 5.92 Å². The zero-order chi connectivity index (χ0) is 13.4. The molecule has 3 N–H and O–H groups in total. The molecular weight excluding hydrogens is 230 g/mol. The molecule has 0 fully saturated rings. The lowest BCUT2D eigenvalue weighted by Gasteiger charge is -2.08. The van der Waals surface area contributed by atoms with Crippen molar-refractivity contribution in [1.82, 2.24) is 0 Å². The van der Waals surface area contributed by atoms with Crippen LogP contribution in [0.1, 0.15) is 25.3 Å². The summed E-state index contributed by atoms with van der Waals surface area (Å²) in [6.45, 7) is 3.07. The van der Waals surface area contributed by atoms with E-state index >= 15 is 0 Å². The molecule has 0 amide bonds. The molecule has 0 aliphatic heterocycles. The van der Waals surface area contributed by atoms with Crippen LogP contribution in [0.5, 0.6) is 5.75 Å². The van der Waals surface area contributed by atoms with Gasteiger partial charge in [0.15, 0.2) is 0 Å². The Morgan fingerprint density at radius 1 is 1.33 bits per heavy atom. The first kappa shape index (κ1) is 14.5. The molecule has 0 heterocycles.